The van der Waals surface area contributed by atoms with E-state index in [4.69, 9.17) is 4.74 Å². The molecule has 4 rings (SSSR count). The number of hydrogen-bond donors (Lipinski definition) is 0. The number of aromatic nitrogens is 1. The van der Waals surface area contributed by atoms with E-state index in [9.17, 15) is 9.59 Å². The summed E-state index contributed by atoms with van der Waals surface area (Å²) in [5.41, 5.74) is 2.08. The Morgan fingerprint density at radius 3 is 2.82 bits per heavy atom. The number of aryl methyl sites for hydroxylation is 1. The summed E-state index contributed by atoms with van der Waals surface area (Å²) in [6.07, 6.45) is 4.04. The molecule has 6 heteroatoms. The second-order valence-electron chi connectivity index (χ2n) is 7.89. The number of morpholine rings is 1. The molecule has 28 heavy (non-hydrogen) atoms. The van der Waals surface area contributed by atoms with Gasteiger partial charge in [0.2, 0.25) is 5.91 Å². The minimum absolute atomic E-state index is 0.00832. The zero-order valence-corrected chi connectivity index (χ0v) is 16.3. The molecule has 2 fully saturated rings. The Labute approximate surface area is 165 Å². The number of ether oxygens (including phenoxy) is 1. The lowest BCUT2D eigenvalue weighted by atomic mass is 9.85. The SMILES string of the molecule is Cc1cncc(C(=O)N2CC[C@H]3N(Cc4ccccc4)C(=O)CO[C@]3(C)C2)c1. The van der Waals surface area contributed by atoms with Crippen LogP contribution in [0.25, 0.3) is 0 Å². The lowest BCUT2D eigenvalue weighted by Gasteiger charge is -2.52. The maximum Gasteiger partial charge on any atom is 0.255 e. The Balaban J connectivity index is 1.53. The van der Waals surface area contributed by atoms with Crippen LogP contribution in [0.3, 0.4) is 0 Å². The van der Waals surface area contributed by atoms with Crippen molar-refractivity contribution in [3.05, 3.63) is 65.5 Å². The summed E-state index contributed by atoms with van der Waals surface area (Å²) in [4.78, 5) is 33.4. The van der Waals surface area contributed by atoms with Gasteiger partial charge in [-0.2, -0.15) is 0 Å². The Kier molecular flexibility index (Phi) is 4.89. The predicted octanol–water partition coefficient (Wildman–Crippen LogP) is 2.42. The van der Waals surface area contributed by atoms with Crippen molar-refractivity contribution >= 4 is 11.8 Å². The monoisotopic (exact) mass is 379 g/mol. The molecule has 2 saturated heterocycles. The van der Waals surface area contributed by atoms with E-state index in [0.29, 0.717) is 31.6 Å². The van der Waals surface area contributed by atoms with Gasteiger partial charge in [0, 0.05) is 25.5 Å². The van der Waals surface area contributed by atoms with Gasteiger partial charge >= 0.3 is 0 Å². The molecule has 2 aromatic rings. The molecule has 2 aliphatic heterocycles. The fraction of sp³-hybridized carbons (Fsp3) is 0.409. The largest absolute Gasteiger partial charge is 0.361 e. The Morgan fingerprint density at radius 2 is 2.07 bits per heavy atom. The topological polar surface area (TPSA) is 62.7 Å². The van der Waals surface area contributed by atoms with E-state index in [1.54, 1.807) is 12.4 Å². The molecule has 146 valence electrons. The lowest BCUT2D eigenvalue weighted by molar-refractivity contribution is -0.186. The van der Waals surface area contributed by atoms with Gasteiger partial charge in [-0.15, -0.1) is 0 Å². The number of carbonyl (C=O) groups excluding carboxylic acids is 2. The highest BCUT2D eigenvalue weighted by molar-refractivity contribution is 5.94. The smallest absolute Gasteiger partial charge is 0.255 e. The van der Waals surface area contributed by atoms with Crippen LogP contribution in [0.15, 0.2) is 48.8 Å². The molecule has 2 aliphatic rings. The van der Waals surface area contributed by atoms with Gasteiger partial charge in [0.1, 0.15) is 12.2 Å². The van der Waals surface area contributed by atoms with E-state index in [2.05, 4.69) is 4.98 Å². The number of rotatable bonds is 3. The van der Waals surface area contributed by atoms with E-state index in [1.807, 2.05) is 60.0 Å². The van der Waals surface area contributed by atoms with Crippen molar-refractivity contribution in [2.75, 3.05) is 19.7 Å². The average Bonchev–Trinajstić information content (AvgIpc) is 2.70. The first-order chi connectivity index (χ1) is 13.5. The summed E-state index contributed by atoms with van der Waals surface area (Å²) in [6.45, 7) is 5.61. The summed E-state index contributed by atoms with van der Waals surface area (Å²) in [7, 11) is 0. The number of fused-ring (bicyclic) bond motifs is 1. The van der Waals surface area contributed by atoms with Crippen LogP contribution < -0.4 is 0 Å². The standard InChI is InChI=1S/C22H25N3O3/c1-16-10-18(12-23-11-16)21(27)24-9-8-19-22(2,15-24)28-14-20(26)25(19)13-17-6-4-3-5-7-17/h3-7,10-12,19H,8-9,13-15H2,1-2H3/t19-,22-/m1/s1. The summed E-state index contributed by atoms with van der Waals surface area (Å²) in [6, 6.07) is 11.8. The van der Waals surface area contributed by atoms with Crippen LogP contribution in [0.5, 0.6) is 0 Å². The highest BCUT2D eigenvalue weighted by atomic mass is 16.5. The second kappa shape index (κ2) is 7.36. The molecule has 6 nitrogen and oxygen atoms in total. The Hall–Kier alpha value is -2.73. The fourth-order valence-electron chi connectivity index (χ4n) is 4.26. The molecule has 1 aromatic heterocycles. The molecular formula is C22H25N3O3. The first-order valence-corrected chi connectivity index (χ1v) is 9.64. The normalized spacial score (nSPS) is 24.8. The molecule has 0 aliphatic carbocycles. The van der Waals surface area contributed by atoms with E-state index < -0.39 is 5.60 Å². The van der Waals surface area contributed by atoms with E-state index in [-0.39, 0.29) is 24.5 Å². The molecule has 2 amide bonds. The number of likely N-dealkylation sites (tertiary alicyclic amines) is 1. The molecule has 0 spiro atoms. The molecule has 3 heterocycles. The highest BCUT2D eigenvalue weighted by Crippen LogP contribution is 2.34. The van der Waals surface area contributed by atoms with Gasteiger partial charge < -0.3 is 14.5 Å². The summed E-state index contributed by atoms with van der Waals surface area (Å²) < 4.78 is 5.99. The highest BCUT2D eigenvalue weighted by Gasteiger charge is 2.49. The van der Waals surface area contributed by atoms with Crippen LogP contribution in [-0.4, -0.2) is 57.9 Å². The van der Waals surface area contributed by atoms with Crippen molar-refractivity contribution in [1.29, 1.82) is 0 Å². The maximum absolute atomic E-state index is 13.0. The Morgan fingerprint density at radius 1 is 1.29 bits per heavy atom. The van der Waals surface area contributed by atoms with E-state index in [1.165, 1.54) is 0 Å². The fourth-order valence-corrected chi connectivity index (χ4v) is 4.26. The Bertz CT molecular complexity index is 886. The van der Waals surface area contributed by atoms with Crippen LogP contribution >= 0.6 is 0 Å². The van der Waals surface area contributed by atoms with Crippen molar-refractivity contribution in [2.24, 2.45) is 0 Å². The molecule has 0 unspecified atom stereocenters. The van der Waals surface area contributed by atoms with Crippen LogP contribution in [0.1, 0.15) is 34.8 Å². The van der Waals surface area contributed by atoms with Crippen molar-refractivity contribution in [2.45, 2.75) is 38.5 Å². The quantitative estimate of drug-likeness (QED) is 0.822. The van der Waals surface area contributed by atoms with Gasteiger partial charge in [-0.3, -0.25) is 14.6 Å². The third kappa shape index (κ3) is 3.52. The molecule has 0 N–H and O–H groups in total. The number of amides is 2. The lowest BCUT2D eigenvalue weighted by Crippen LogP contribution is -2.67. The van der Waals surface area contributed by atoms with Gasteiger partial charge in [-0.1, -0.05) is 30.3 Å². The van der Waals surface area contributed by atoms with E-state index >= 15 is 0 Å². The molecule has 1 aromatic carbocycles. The minimum atomic E-state index is -0.576. The number of pyridine rings is 1. The molecule has 0 radical (unpaired) electrons. The maximum atomic E-state index is 13.0. The van der Waals surface area contributed by atoms with Crippen molar-refractivity contribution < 1.29 is 14.3 Å². The van der Waals surface area contributed by atoms with Gasteiger partial charge in [0.05, 0.1) is 18.2 Å². The van der Waals surface area contributed by atoms with Gasteiger partial charge in [-0.25, -0.2) is 0 Å². The van der Waals surface area contributed by atoms with E-state index in [0.717, 1.165) is 11.1 Å². The number of hydrogen-bond acceptors (Lipinski definition) is 4. The first-order valence-electron chi connectivity index (χ1n) is 9.64. The summed E-state index contributed by atoms with van der Waals surface area (Å²) in [5.74, 6) is -0.0278. The third-order valence-electron chi connectivity index (χ3n) is 5.71. The predicted molar refractivity (Wildman–Crippen MR) is 105 cm³/mol. The molecular weight excluding hydrogens is 354 g/mol. The van der Waals surface area contributed by atoms with Gasteiger partial charge in [0.15, 0.2) is 0 Å². The number of nitrogens with zero attached hydrogens (tertiary/aromatic N) is 3. The first kappa shape index (κ1) is 18.6. The zero-order chi connectivity index (χ0) is 19.7. The number of carbonyl (C=O) groups is 2. The molecule has 0 bridgehead atoms. The van der Waals surface area contributed by atoms with Crippen LogP contribution in [0.4, 0.5) is 0 Å². The molecule has 0 saturated carbocycles. The number of piperidine rings is 1. The third-order valence-corrected chi connectivity index (χ3v) is 5.71. The van der Waals surface area contributed by atoms with Gasteiger partial charge in [0.25, 0.3) is 5.91 Å². The van der Waals surface area contributed by atoms with Gasteiger partial charge in [-0.05, 0) is 37.5 Å². The summed E-state index contributed by atoms with van der Waals surface area (Å²) in [5, 5.41) is 0. The van der Waals surface area contributed by atoms with Crippen LogP contribution in [0.2, 0.25) is 0 Å². The summed E-state index contributed by atoms with van der Waals surface area (Å²) >= 11 is 0. The second-order valence-corrected chi connectivity index (χ2v) is 7.89. The van der Waals surface area contributed by atoms with Crippen molar-refractivity contribution in [3.63, 3.8) is 0 Å². The average molecular weight is 379 g/mol. The zero-order valence-electron chi connectivity index (χ0n) is 16.3. The van der Waals surface area contributed by atoms with Crippen molar-refractivity contribution in [3.8, 4) is 0 Å². The molecule has 2 atom stereocenters. The van der Waals surface area contributed by atoms with Crippen molar-refractivity contribution in [1.82, 2.24) is 14.8 Å². The van der Waals surface area contributed by atoms with Crippen LogP contribution in [-0.2, 0) is 16.1 Å². The minimum Gasteiger partial charge on any atom is -0.361 e. The number of benzene rings is 1. The van der Waals surface area contributed by atoms with Crippen LogP contribution in [0, 0.1) is 6.92 Å².